The molecule has 30 heavy (non-hydrogen) atoms. The van der Waals surface area contributed by atoms with Gasteiger partial charge in [0.1, 0.15) is 11.3 Å². The fourth-order valence-corrected chi connectivity index (χ4v) is 3.87. The first kappa shape index (κ1) is 18.4. The summed E-state index contributed by atoms with van der Waals surface area (Å²) in [6.45, 7) is 2.93. The van der Waals surface area contributed by atoms with Crippen LogP contribution in [0.15, 0.2) is 77.3 Å². The second-order valence-corrected chi connectivity index (χ2v) is 7.37. The van der Waals surface area contributed by atoms with Gasteiger partial charge < -0.3 is 14.3 Å². The molecule has 150 valence electrons. The third-order valence-electron chi connectivity index (χ3n) is 5.52. The topological polar surface area (TPSA) is 49.6 Å². The molecule has 1 saturated heterocycles. The number of aromatic nitrogens is 1. The summed E-state index contributed by atoms with van der Waals surface area (Å²) in [4.78, 5) is 17.3. The molecule has 0 radical (unpaired) electrons. The first-order valence-electron chi connectivity index (χ1n) is 9.94. The number of para-hydroxylation sites is 1. The van der Waals surface area contributed by atoms with Gasteiger partial charge in [-0.15, -0.1) is 0 Å². The highest BCUT2D eigenvalue weighted by Gasteiger charge is 2.23. The maximum atomic E-state index is 13.3. The summed E-state index contributed by atoms with van der Waals surface area (Å²) in [7, 11) is 0. The van der Waals surface area contributed by atoms with E-state index in [2.05, 4.69) is 22.2 Å². The Bertz CT molecular complexity index is 1180. The van der Waals surface area contributed by atoms with Crippen molar-refractivity contribution in [2.45, 2.75) is 0 Å². The van der Waals surface area contributed by atoms with E-state index in [0.717, 1.165) is 24.0 Å². The number of hydrogen-bond donors (Lipinski definition) is 0. The fraction of sp³-hybridized carbons (Fsp3) is 0.167. The Morgan fingerprint density at radius 3 is 2.37 bits per heavy atom. The second-order valence-electron chi connectivity index (χ2n) is 7.37. The Morgan fingerprint density at radius 2 is 1.63 bits per heavy atom. The Hall–Kier alpha value is -3.67. The molecule has 5 rings (SSSR count). The molecule has 3 aromatic carbocycles. The quantitative estimate of drug-likeness (QED) is 0.504. The molecule has 1 fully saturated rings. The minimum atomic E-state index is -0.312. The number of carbonyl (C=O) groups is 1. The van der Waals surface area contributed by atoms with E-state index in [9.17, 15) is 9.18 Å². The number of amides is 1. The highest BCUT2D eigenvalue weighted by molar-refractivity contribution is 6.01. The number of nitrogens with zero attached hydrogens (tertiary/aromatic N) is 3. The van der Waals surface area contributed by atoms with Gasteiger partial charge >= 0.3 is 0 Å². The number of piperazine rings is 1. The number of rotatable bonds is 3. The maximum absolute atomic E-state index is 13.3. The second kappa shape index (κ2) is 7.63. The Morgan fingerprint density at radius 1 is 0.900 bits per heavy atom. The van der Waals surface area contributed by atoms with Gasteiger partial charge in [-0.1, -0.05) is 23.4 Å². The number of anilines is 1. The van der Waals surface area contributed by atoms with Crippen LogP contribution in [0.25, 0.3) is 22.2 Å². The van der Waals surface area contributed by atoms with E-state index in [1.165, 1.54) is 17.8 Å². The monoisotopic (exact) mass is 401 g/mol. The van der Waals surface area contributed by atoms with Crippen molar-refractivity contribution >= 4 is 22.5 Å². The first-order chi connectivity index (χ1) is 14.7. The third kappa shape index (κ3) is 3.41. The van der Waals surface area contributed by atoms with E-state index >= 15 is 0 Å². The molecule has 0 N–H and O–H groups in total. The summed E-state index contributed by atoms with van der Waals surface area (Å²) in [5.41, 5.74) is 3.17. The molecule has 0 atom stereocenters. The minimum absolute atomic E-state index is 0.00383. The lowest BCUT2D eigenvalue weighted by Gasteiger charge is -2.36. The van der Waals surface area contributed by atoms with Gasteiger partial charge in [-0.05, 0) is 54.6 Å². The van der Waals surface area contributed by atoms with E-state index in [1.54, 1.807) is 24.3 Å². The SMILES string of the molecule is O=C(c1ccc2noc(-c3ccc(F)cc3)c2c1)N1CCN(c2ccccc2)CC1. The van der Waals surface area contributed by atoms with Crippen molar-refractivity contribution in [1.29, 1.82) is 0 Å². The number of hydrogen-bond acceptors (Lipinski definition) is 4. The molecule has 0 spiro atoms. The van der Waals surface area contributed by atoms with Gasteiger partial charge in [0.15, 0.2) is 5.76 Å². The van der Waals surface area contributed by atoms with Crippen LogP contribution in [0.5, 0.6) is 0 Å². The van der Waals surface area contributed by atoms with Crippen LogP contribution in [0, 0.1) is 5.82 Å². The first-order valence-corrected chi connectivity index (χ1v) is 9.94. The number of fused-ring (bicyclic) bond motifs is 1. The van der Waals surface area contributed by atoms with Gasteiger partial charge in [0.05, 0.1) is 5.39 Å². The molecule has 1 aliphatic heterocycles. The lowest BCUT2D eigenvalue weighted by Crippen LogP contribution is -2.48. The van der Waals surface area contributed by atoms with Crippen molar-refractivity contribution in [2.24, 2.45) is 0 Å². The molecule has 6 heteroatoms. The molecule has 1 aromatic heterocycles. The molecule has 0 unspecified atom stereocenters. The predicted molar refractivity (Wildman–Crippen MR) is 114 cm³/mol. The van der Waals surface area contributed by atoms with Gasteiger partial charge in [0, 0.05) is 43.0 Å². The van der Waals surface area contributed by atoms with Crippen LogP contribution in [0.3, 0.4) is 0 Å². The number of carbonyl (C=O) groups excluding carboxylic acids is 1. The van der Waals surface area contributed by atoms with Crippen molar-refractivity contribution in [1.82, 2.24) is 10.1 Å². The summed E-state index contributed by atoms with van der Waals surface area (Å²) in [6.07, 6.45) is 0. The van der Waals surface area contributed by atoms with Gasteiger partial charge in [-0.3, -0.25) is 4.79 Å². The third-order valence-corrected chi connectivity index (χ3v) is 5.52. The van der Waals surface area contributed by atoms with Crippen molar-refractivity contribution in [2.75, 3.05) is 31.1 Å². The van der Waals surface area contributed by atoms with Crippen molar-refractivity contribution in [3.05, 3.63) is 84.2 Å². The zero-order chi connectivity index (χ0) is 20.5. The zero-order valence-corrected chi connectivity index (χ0v) is 16.3. The van der Waals surface area contributed by atoms with Gasteiger partial charge in [0.25, 0.3) is 5.91 Å². The van der Waals surface area contributed by atoms with Crippen molar-refractivity contribution < 1.29 is 13.7 Å². The van der Waals surface area contributed by atoms with E-state index < -0.39 is 0 Å². The van der Waals surface area contributed by atoms with E-state index in [-0.39, 0.29) is 11.7 Å². The van der Waals surface area contributed by atoms with Crippen LogP contribution < -0.4 is 4.90 Å². The summed E-state index contributed by atoms with van der Waals surface area (Å²) < 4.78 is 18.7. The smallest absolute Gasteiger partial charge is 0.254 e. The molecule has 4 aromatic rings. The Labute approximate surface area is 173 Å². The zero-order valence-electron chi connectivity index (χ0n) is 16.3. The number of benzene rings is 3. The average molecular weight is 401 g/mol. The standard InChI is InChI=1S/C24H20FN3O2/c25-19-9-6-17(7-10-19)23-21-16-18(8-11-22(21)26-30-23)24(29)28-14-12-27(13-15-28)20-4-2-1-3-5-20/h1-11,16H,12-15H2. The van der Waals surface area contributed by atoms with Crippen LogP contribution in [0.4, 0.5) is 10.1 Å². The summed E-state index contributed by atoms with van der Waals surface area (Å²) in [5.74, 6) is 0.220. The van der Waals surface area contributed by atoms with Gasteiger partial charge in [-0.2, -0.15) is 0 Å². The highest BCUT2D eigenvalue weighted by Crippen LogP contribution is 2.30. The largest absolute Gasteiger partial charge is 0.368 e. The normalized spacial score (nSPS) is 14.3. The van der Waals surface area contributed by atoms with Crippen LogP contribution in [-0.4, -0.2) is 42.1 Å². The minimum Gasteiger partial charge on any atom is -0.368 e. The lowest BCUT2D eigenvalue weighted by molar-refractivity contribution is 0.0747. The van der Waals surface area contributed by atoms with E-state index in [1.807, 2.05) is 29.2 Å². The molecule has 1 amide bonds. The molecule has 0 bridgehead atoms. The molecule has 2 heterocycles. The van der Waals surface area contributed by atoms with Gasteiger partial charge in [-0.25, -0.2) is 4.39 Å². The molecule has 0 aliphatic carbocycles. The number of halogens is 1. The molecular weight excluding hydrogens is 381 g/mol. The van der Waals surface area contributed by atoms with Gasteiger partial charge in [0.2, 0.25) is 0 Å². The lowest BCUT2D eigenvalue weighted by atomic mass is 10.1. The fourth-order valence-electron chi connectivity index (χ4n) is 3.87. The van der Waals surface area contributed by atoms with Crippen LogP contribution in [0.1, 0.15) is 10.4 Å². The van der Waals surface area contributed by atoms with Crippen molar-refractivity contribution in [3.63, 3.8) is 0 Å². The summed E-state index contributed by atoms with van der Waals surface area (Å²) in [6, 6.07) is 21.7. The maximum Gasteiger partial charge on any atom is 0.254 e. The predicted octanol–water partition coefficient (Wildman–Crippen LogP) is 4.60. The molecule has 0 saturated carbocycles. The molecule has 5 nitrogen and oxygen atoms in total. The Kier molecular flexibility index (Phi) is 4.67. The van der Waals surface area contributed by atoms with Crippen LogP contribution >= 0.6 is 0 Å². The summed E-state index contributed by atoms with van der Waals surface area (Å²) >= 11 is 0. The van der Waals surface area contributed by atoms with Crippen molar-refractivity contribution in [3.8, 4) is 11.3 Å². The van der Waals surface area contributed by atoms with Crippen LogP contribution in [-0.2, 0) is 0 Å². The van der Waals surface area contributed by atoms with Crippen LogP contribution in [0.2, 0.25) is 0 Å². The average Bonchev–Trinajstić information content (AvgIpc) is 3.23. The summed E-state index contributed by atoms with van der Waals surface area (Å²) in [5, 5.41) is 4.82. The molecule has 1 aliphatic rings. The van der Waals surface area contributed by atoms with E-state index in [0.29, 0.717) is 29.9 Å². The van der Waals surface area contributed by atoms with E-state index in [4.69, 9.17) is 4.52 Å². The molecular formula is C24H20FN3O2. The Balaban J connectivity index is 1.36. The highest BCUT2D eigenvalue weighted by atomic mass is 19.1.